The molecule has 0 heterocycles. The Labute approximate surface area is 92.0 Å². The van der Waals surface area contributed by atoms with E-state index in [1.165, 1.54) is 4.90 Å². The SMILES string of the molecule is CCOc1cc(SCC)ccc1Br. The summed E-state index contributed by atoms with van der Waals surface area (Å²) in [6.45, 7) is 4.85. The molecule has 72 valence electrons. The van der Waals surface area contributed by atoms with E-state index in [-0.39, 0.29) is 0 Å². The van der Waals surface area contributed by atoms with E-state index in [4.69, 9.17) is 4.74 Å². The summed E-state index contributed by atoms with van der Waals surface area (Å²) in [5.41, 5.74) is 0. The second-order valence-corrected chi connectivity index (χ2v) is 4.65. The Morgan fingerprint density at radius 3 is 2.77 bits per heavy atom. The van der Waals surface area contributed by atoms with E-state index in [1.54, 1.807) is 0 Å². The third-order valence-electron chi connectivity index (χ3n) is 1.51. The number of rotatable bonds is 4. The Bertz CT molecular complexity index is 276. The Morgan fingerprint density at radius 2 is 2.15 bits per heavy atom. The average Bonchev–Trinajstić information content (AvgIpc) is 2.12. The van der Waals surface area contributed by atoms with Gasteiger partial charge in [0.25, 0.3) is 0 Å². The molecule has 1 rings (SSSR count). The number of thioether (sulfide) groups is 1. The van der Waals surface area contributed by atoms with Crippen LogP contribution in [0.1, 0.15) is 13.8 Å². The third kappa shape index (κ3) is 3.24. The second-order valence-electron chi connectivity index (χ2n) is 2.46. The summed E-state index contributed by atoms with van der Waals surface area (Å²) < 4.78 is 6.49. The standard InChI is InChI=1S/C10H13BrOS/c1-3-12-10-7-8(13-4-2)5-6-9(10)11/h5-7H,3-4H2,1-2H3. The number of ether oxygens (including phenoxy) is 1. The smallest absolute Gasteiger partial charge is 0.134 e. The molecule has 0 aliphatic carbocycles. The molecule has 0 fully saturated rings. The maximum absolute atomic E-state index is 5.46. The minimum Gasteiger partial charge on any atom is -0.493 e. The molecule has 3 heteroatoms. The first kappa shape index (κ1) is 10.9. The van der Waals surface area contributed by atoms with Gasteiger partial charge in [-0.2, -0.15) is 0 Å². The van der Waals surface area contributed by atoms with Gasteiger partial charge in [-0.25, -0.2) is 0 Å². The van der Waals surface area contributed by atoms with Crippen LogP contribution in [0.3, 0.4) is 0 Å². The van der Waals surface area contributed by atoms with E-state index in [1.807, 2.05) is 24.8 Å². The van der Waals surface area contributed by atoms with Gasteiger partial charge < -0.3 is 4.74 Å². The summed E-state index contributed by atoms with van der Waals surface area (Å²) in [5.74, 6) is 2.02. The zero-order valence-corrected chi connectivity index (χ0v) is 10.2. The summed E-state index contributed by atoms with van der Waals surface area (Å²) in [6.07, 6.45) is 0. The molecular formula is C10H13BrOS. The molecule has 1 aromatic carbocycles. The first-order valence-corrected chi connectivity index (χ1v) is 6.11. The van der Waals surface area contributed by atoms with Crippen molar-refractivity contribution in [3.8, 4) is 5.75 Å². The van der Waals surface area contributed by atoms with Gasteiger partial charge in [-0.1, -0.05) is 6.92 Å². The lowest BCUT2D eigenvalue weighted by Gasteiger charge is -2.07. The molecule has 0 saturated carbocycles. The highest BCUT2D eigenvalue weighted by Crippen LogP contribution is 2.30. The molecule has 0 aliphatic heterocycles. The number of hydrogen-bond donors (Lipinski definition) is 0. The van der Waals surface area contributed by atoms with Gasteiger partial charge in [0.15, 0.2) is 0 Å². The molecule has 0 spiro atoms. The van der Waals surface area contributed by atoms with Gasteiger partial charge in [0, 0.05) is 4.90 Å². The molecule has 0 N–H and O–H groups in total. The molecule has 0 aliphatic rings. The average molecular weight is 261 g/mol. The van der Waals surface area contributed by atoms with Crippen LogP contribution in [0.5, 0.6) is 5.75 Å². The fourth-order valence-electron chi connectivity index (χ4n) is 1.01. The van der Waals surface area contributed by atoms with Crippen molar-refractivity contribution < 1.29 is 4.74 Å². The van der Waals surface area contributed by atoms with Crippen LogP contribution in [0.15, 0.2) is 27.6 Å². The van der Waals surface area contributed by atoms with Crippen molar-refractivity contribution in [1.82, 2.24) is 0 Å². The quantitative estimate of drug-likeness (QED) is 0.759. The Balaban J connectivity index is 2.83. The van der Waals surface area contributed by atoms with Gasteiger partial charge in [-0.3, -0.25) is 0 Å². The molecule has 13 heavy (non-hydrogen) atoms. The van der Waals surface area contributed by atoms with Crippen LogP contribution in [-0.4, -0.2) is 12.4 Å². The second kappa shape index (κ2) is 5.55. The first-order chi connectivity index (χ1) is 6.27. The molecule has 0 radical (unpaired) electrons. The van der Waals surface area contributed by atoms with Crippen molar-refractivity contribution in [3.63, 3.8) is 0 Å². The van der Waals surface area contributed by atoms with Crippen molar-refractivity contribution in [1.29, 1.82) is 0 Å². The highest BCUT2D eigenvalue weighted by molar-refractivity contribution is 9.10. The Hall–Kier alpha value is -0.150. The number of hydrogen-bond acceptors (Lipinski definition) is 2. The van der Waals surface area contributed by atoms with Crippen LogP contribution < -0.4 is 4.74 Å². The zero-order valence-electron chi connectivity index (χ0n) is 7.84. The predicted molar refractivity (Wildman–Crippen MR) is 61.7 cm³/mol. The number of halogens is 1. The fraction of sp³-hybridized carbons (Fsp3) is 0.400. The summed E-state index contributed by atoms with van der Waals surface area (Å²) in [4.78, 5) is 1.26. The maximum atomic E-state index is 5.46. The van der Waals surface area contributed by atoms with Crippen LogP contribution in [-0.2, 0) is 0 Å². The van der Waals surface area contributed by atoms with Crippen LogP contribution in [0.2, 0.25) is 0 Å². The van der Waals surface area contributed by atoms with Crippen LogP contribution in [0, 0.1) is 0 Å². The topological polar surface area (TPSA) is 9.23 Å². The normalized spacial score (nSPS) is 10.1. The molecule has 1 nitrogen and oxygen atoms in total. The molecule has 0 bridgehead atoms. The van der Waals surface area contributed by atoms with Gasteiger partial charge >= 0.3 is 0 Å². The van der Waals surface area contributed by atoms with E-state index in [9.17, 15) is 0 Å². The van der Waals surface area contributed by atoms with Crippen LogP contribution >= 0.6 is 27.7 Å². The lowest BCUT2D eigenvalue weighted by Crippen LogP contribution is -1.92. The van der Waals surface area contributed by atoms with Gasteiger partial charge in [-0.15, -0.1) is 11.8 Å². The maximum Gasteiger partial charge on any atom is 0.134 e. The Morgan fingerprint density at radius 1 is 1.38 bits per heavy atom. The van der Waals surface area contributed by atoms with Crippen LogP contribution in [0.4, 0.5) is 0 Å². The molecule has 0 saturated heterocycles. The van der Waals surface area contributed by atoms with Crippen molar-refractivity contribution in [2.45, 2.75) is 18.7 Å². The molecule has 0 atom stereocenters. The highest BCUT2D eigenvalue weighted by atomic mass is 79.9. The first-order valence-electron chi connectivity index (χ1n) is 4.33. The highest BCUT2D eigenvalue weighted by Gasteiger charge is 2.01. The monoisotopic (exact) mass is 260 g/mol. The van der Waals surface area contributed by atoms with E-state index in [0.717, 1.165) is 16.0 Å². The zero-order chi connectivity index (χ0) is 9.68. The lowest BCUT2D eigenvalue weighted by molar-refractivity contribution is 0.337. The van der Waals surface area contributed by atoms with Crippen molar-refractivity contribution in [2.24, 2.45) is 0 Å². The van der Waals surface area contributed by atoms with Gasteiger partial charge in [-0.05, 0) is 46.8 Å². The van der Waals surface area contributed by atoms with Crippen molar-refractivity contribution >= 4 is 27.7 Å². The van der Waals surface area contributed by atoms with Crippen molar-refractivity contribution in [2.75, 3.05) is 12.4 Å². The minimum absolute atomic E-state index is 0.707. The van der Waals surface area contributed by atoms with Crippen molar-refractivity contribution in [3.05, 3.63) is 22.7 Å². The van der Waals surface area contributed by atoms with E-state index < -0.39 is 0 Å². The summed E-state index contributed by atoms with van der Waals surface area (Å²) >= 11 is 5.27. The van der Waals surface area contributed by atoms with Crippen LogP contribution in [0.25, 0.3) is 0 Å². The molecule has 0 aromatic heterocycles. The summed E-state index contributed by atoms with van der Waals surface area (Å²) in [7, 11) is 0. The predicted octanol–water partition coefficient (Wildman–Crippen LogP) is 3.96. The van der Waals surface area contributed by atoms with E-state index >= 15 is 0 Å². The number of benzene rings is 1. The largest absolute Gasteiger partial charge is 0.493 e. The van der Waals surface area contributed by atoms with Gasteiger partial charge in [0.2, 0.25) is 0 Å². The molecule has 0 unspecified atom stereocenters. The third-order valence-corrected chi connectivity index (χ3v) is 3.04. The Kier molecular flexibility index (Phi) is 4.67. The molecule has 0 amide bonds. The summed E-state index contributed by atoms with van der Waals surface area (Å²) in [6, 6.07) is 6.20. The summed E-state index contributed by atoms with van der Waals surface area (Å²) in [5, 5.41) is 0. The minimum atomic E-state index is 0.707. The lowest BCUT2D eigenvalue weighted by atomic mass is 10.3. The van der Waals surface area contributed by atoms with E-state index in [0.29, 0.717) is 6.61 Å². The van der Waals surface area contributed by atoms with Gasteiger partial charge in [0.1, 0.15) is 5.75 Å². The molecular weight excluding hydrogens is 248 g/mol. The van der Waals surface area contributed by atoms with Gasteiger partial charge in [0.05, 0.1) is 11.1 Å². The molecule has 1 aromatic rings. The van der Waals surface area contributed by atoms with E-state index in [2.05, 4.69) is 35.0 Å². The fourth-order valence-corrected chi connectivity index (χ4v) is 2.06.